The lowest BCUT2D eigenvalue weighted by Gasteiger charge is -2.23. The fourth-order valence-electron chi connectivity index (χ4n) is 2.53. The van der Waals surface area contributed by atoms with Crippen LogP contribution >= 0.6 is 7.52 Å². The predicted molar refractivity (Wildman–Crippen MR) is 113 cm³/mol. The maximum Gasteiger partial charge on any atom is 0.407 e. The Morgan fingerprint density at radius 1 is 1.07 bits per heavy atom. The van der Waals surface area contributed by atoms with Crippen LogP contribution < -0.4 is 15.7 Å². The summed E-state index contributed by atoms with van der Waals surface area (Å²) in [7, 11) is -3.98. The molecule has 2 atom stereocenters. The predicted octanol–water partition coefficient (Wildman–Crippen LogP) is 3.22. The average Bonchev–Trinajstić information content (AvgIpc) is 2.64. The first-order valence-electron chi connectivity index (χ1n) is 9.91. The van der Waals surface area contributed by atoms with Crippen LogP contribution in [0, 0.1) is 11.8 Å². The van der Waals surface area contributed by atoms with E-state index in [-0.39, 0.29) is 18.4 Å². The van der Waals surface area contributed by atoms with Crippen LogP contribution in [0.25, 0.3) is 0 Å². The Balaban J connectivity index is 2.52. The largest absolute Gasteiger partial charge is 0.445 e. The Morgan fingerprint density at radius 3 is 2.31 bits per heavy atom. The minimum absolute atomic E-state index is 0.0596. The summed E-state index contributed by atoms with van der Waals surface area (Å²) in [5.41, 5.74) is 0.808. The summed E-state index contributed by atoms with van der Waals surface area (Å²) < 4.78 is 17.5. The van der Waals surface area contributed by atoms with Gasteiger partial charge >= 0.3 is 6.09 Å². The molecule has 0 saturated carbocycles. The highest BCUT2D eigenvalue weighted by Gasteiger charge is 2.29. The van der Waals surface area contributed by atoms with Crippen LogP contribution in [0.5, 0.6) is 0 Å². The summed E-state index contributed by atoms with van der Waals surface area (Å²) in [5.74, 6) is 0.272. The van der Waals surface area contributed by atoms with E-state index in [0.717, 1.165) is 12.0 Å². The smallest absolute Gasteiger partial charge is 0.407 e. The molecular formula is C20H34N3O5P. The number of hydrogen-bond donors (Lipinski definition) is 4. The van der Waals surface area contributed by atoms with E-state index in [1.807, 2.05) is 32.0 Å². The van der Waals surface area contributed by atoms with Gasteiger partial charge in [-0.25, -0.2) is 9.88 Å². The number of carbonyl (C=O) groups excluding carboxylic acids is 2. The molecule has 2 amide bonds. The molecule has 1 aromatic carbocycles. The molecular weight excluding hydrogens is 393 g/mol. The number of rotatable bonds is 12. The molecule has 0 heterocycles. The zero-order valence-corrected chi connectivity index (χ0v) is 18.6. The number of alkyl carbamates (subject to hydrolysis) is 1. The van der Waals surface area contributed by atoms with Gasteiger partial charge in [0.2, 0.25) is 5.91 Å². The summed E-state index contributed by atoms with van der Waals surface area (Å²) in [5, 5.41) is 7.60. The van der Waals surface area contributed by atoms with Gasteiger partial charge in [-0.2, -0.15) is 0 Å². The van der Waals surface area contributed by atoms with Crippen LogP contribution in [-0.2, 0) is 20.7 Å². The van der Waals surface area contributed by atoms with Crippen LogP contribution in [0.1, 0.15) is 46.1 Å². The first-order chi connectivity index (χ1) is 13.6. The van der Waals surface area contributed by atoms with Crippen molar-refractivity contribution in [3.8, 4) is 0 Å². The van der Waals surface area contributed by atoms with Gasteiger partial charge in [-0.1, -0.05) is 58.0 Å². The number of amides is 2. The topological polar surface area (TPSA) is 117 Å². The Morgan fingerprint density at radius 2 is 1.72 bits per heavy atom. The van der Waals surface area contributed by atoms with Crippen molar-refractivity contribution in [3.05, 3.63) is 35.9 Å². The van der Waals surface area contributed by atoms with E-state index in [1.54, 1.807) is 12.1 Å². The number of nitrogens with one attached hydrogen (secondary N) is 3. The third kappa shape index (κ3) is 11.6. The lowest BCUT2D eigenvalue weighted by Crippen LogP contribution is -2.45. The molecule has 164 valence electrons. The molecule has 0 radical (unpaired) electrons. The monoisotopic (exact) mass is 427 g/mol. The lowest BCUT2D eigenvalue weighted by atomic mass is 10.0. The van der Waals surface area contributed by atoms with E-state index >= 15 is 0 Å². The summed E-state index contributed by atoms with van der Waals surface area (Å²) in [6.45, 7) is 8.53. The molecule has 0 aliphatic heterocycles. The highest BCUT2D eigenvalue weighted by Crippen LogP contribution is 2.35. The minimum atomic E-state index is -3.98. The van der Waals surface area contributed by atoms with E-state index in [4.69, 9.17) is 4.74 Å². The molecule has 1 unspecified atom stereocenters. The van der Waals surface area contributed by atoms with Crippen LogP contribution in [0.15, 0.2) is 30.3 Å². The molecule has 0 saturated heterocycles. The van der Waals surface area contributed by atoms with Crippen molar-refractivity contribution < 1.29 is 23.8 Å². The Bertz CT molecular complexity index is 682. The summed E-state index contributed by atoms with van der Waals surface area (Å²) in [6, 6.07) is 8.29. The first-order valence-corrected chi connectivity index (χ1v) is 11.8. The van der Waals surface area contributed by atoms with Gasteiger partial charge < -0.3 is 20.3 Å². The molecule has 8 nitrogen and oxygen atoms in total. The van der Waals surface area contributed by atoms with E-state index in [0.29, 0.717) is 18.9 Å². The van der Waals surface area contributed by atoms with Crippen molar-refractivity contribution in [3.63, 3.8) is 0 Å². The lowest BCUT2D eigenvalue weighted by molar-refractivity contribution is -0.123. The summed E-state index contributed by atoms with van der Waals surface area (Å²) >= 11 is 0. The highest BCUT2D eigenvalue weighted by molar-refractivity contribution is 7.55. The minimum Gasteiger partial charge on any atom is -0.445 e. The van der Waals surface area contributed by atoms with Gasteiger partial charge in [-0.05, 0) is 30.2 Å². The number of ether oxygens (including phenoxy) is 1. The zero-order chi connectivity index (χ0) is 21.9. The van der Waals surface area contributed by atoms with Crippen molar-refractivity contribution in [2.45, 2.75) is 53.2 Å². The van der Waals surface area contributed by atoms with Gasteiger partial charge in [0.15, 0.2) is 0 Å². The molecule has 0 spiro atoms. The molecule has 4 N–H and O–H groups in total. The molecule has 0 fully saturated rings. The van der Waals surface area contributed by atoms with E-state index in [9.17, 15) is 19.0 Å². The van der Waals surface area contributed by atoms with E-state index in [2.05, 4.69) is 29.6 Å². The summed E-state index contributed by atoms with van der Waals surface area (Å²) in [6.07, 6.45) is -0.108. The third-order valence-corrected chi connectivity index (χ3v) is 5.35. The second-order valence-corrected chi connectivity index (χ2v) is 9.86. The molecule has 0 aromatic heterocycles. The van der Waals surface area contributed by atoms with Crippen LogP contribution in [0.3, 0.4) is 0 Å². The molecule has 0 bridgehead atoms. The van der Waals surface area contributed by atoms with Crippen molar-refractivity contribution in [2.24, 2.45) is 11.8 Å². The maximum atomic E-state index is 12.5. The summed E-state index contributed by atoms with van der Waals surface area (Å²) in [4.78, 5) is 34.4. The van der Waals surface area contributed by atoms with Gasteiger partial charge in [0.25, 0.3) is 7.52 Å². The molecule has 29 heavy (non-hydrogen) atoms. The quantitative estimate of drug-likeness (QED) is 0.381. The Hall–Kier alpha value is -1.89. The maximum absolute atomic E-state index is 12.5. The number of benzene rings is 1. The molecule has 9 heteroatoms. The standard InChI is InChI=1S/C20H34N3O5P/c1-15(2)10-11-21-19(24)18(12-16(3)4)23-29(26,27)14-22-20(25)28-13-17-8-6-5-7-9-17/h5-9,15-16,18H,10-14H2,1-4H3,(H,21,24)(H,22,25)(H2,23,26,27)/t18-/m0/s1. The van der Waals surface area contributed by atoms with Crippen LogP contribution in [0.4, 0.5) is 4.79 Å². The first kappa shape index (κ1) is 25.1. The molecule has 0 aliphatic carbocycles. The van der Waals surface area contributed by atoms with Crippen molar-refractivity contribution in [2.75, 3.05) is 12.8 Å². The second-order valence-electron chi connectivity index (χ2n) is 7.88. The van der Waals surface area contributed by atoms with Crippen LogP contribution in [-0.4, -0.2) is 35.8 Å². The van der Waals surface area contributed by atoms with Crippen LogP contribution in [0.2, 0.25) is 0 Å². The van der Waals surface area contributed by atoms with E-state index < -0.39 is 25.9 Å². The fraction of sp³-hybridized carbons (Fsp3) is 0.600. The molecule has 0 aliphatic rings. The van der Waals surface area contributed by atoms with Crippen molar-refractivity contribution in [1.29, 1.82) is 0 Å². The number of carbonyl (C=O) groups is 2. The van der Waals surface area contributed by atoms with Crippen molar-refractivity contribution >= 4 is 19.5 Å². The van der Waals surface area contributed by atoms with E-state index in [1.165, 1.54) is 0 Å². The number of hydrogen-bond acceptors (Lipinski definition) is 4. The van der Waals surface area contributed by atoms with Gasteiger partial charge in [-0.3, -0.25) is 9.36 Å². The second kappa shape index (κ2) is 12.6. The Labute approximate surface area is 173 Å². The molecule has 1 rings (SSSR count). The van der Waals surface area contributed by atoms with Gasteiger partial charge in [-0.15, -0.1) is 0 Å². The third-order valence-electron chi connectivity index (χ3n) is 4.05. The Kier molecular flexibility index (Phi) is 10.9. The molecule has 1 aromatic rings. The van der Waals surface area contributed by atoms with Crippen molar-refractivity contribution in [1.82, 2.24) is 15.7 Å². The average molecular weight is 427 g/mol. The normalized spacial score (nSPS) is 14.3. The van der Waals surface area contributed by atoms with Gasteiger partial charge in [0.05, 0.1) is 6.04 Å². The van der Waals surface area contributed by atoms with Gasteiger partial charge in [0.1, 0.15) is 12.9 Å². The fourth-order valence-corrected chi connectivity index (χ4v) is 3.68. The SMILES string of the molecule is CC(C)CCNC(=O)[C@H](CC(C)C)NP(=O)(O)CNC(=O)OCc1ccccc1. The zero-order valence-electron chi connectivity index (χ0n) is 17.7. The highest BCUT2D eigenvalue weighted by atomic mass is 31.2. The van der Waals surface area contributed by atoms with Gasteiger partial charge in [0, 0.05) is 6.54 Å².